The zero-order valence-corrected chi connectivity index (χ0v) is 13.4. The Hall–Kier alpha value is -3.07. The number of fused-ring (bicyclic) bond motifs is 1. The Morgan fingerprint density at radius 1 is 1.20 bits per heavy atom. The van der Waals surface area contributed by atoms with Crippen molar-refractivity contribution in [1.82, 2.24) is 19.4 Å². The lowest BCUT2D eigenvalue weighted by molar-refractivity contribution is -0.385. The van der Waals surface area contributed by atoms with Gasteiger partial charge in [0.25, 0.3) is 5.69 Å². The van der Waals surface area contributed by atoms with Gasteiger partial charge in [-0.2, -0.15) is 9.97 Å². The molecule has 0 saturated carbocycles. The summed E-state index contributed by atoms with van der Waals surface area (Å²) in [6, 6.07) is 6.70. The molecular weight excluding hydrogens is 324 g/mol. The lowest BCUT2D eigenvalue weighted by atomic mass is 10.1. The predicted octanol–water partition coefficient (Wildman–Crippen LogP) is 1.46. The molecule has 9 nitrogen and oxygen atoms in total. The summed E-state index contributed by atoms with van der Waals surface area (Å²) < 4.78 is 7.13. The van der Waals surface area contributed by atoms with Crippen LogP contribution >= 0.6 is 0 Å². The van der Waals surface area contributed by atoms with E-state index in [1.807, 2.05) is 4.90 Å². The maximum atomic E-state index is 11.3. The van der Waals surface area contributed by atoms with Crippen molar-refractivity contribution in [3.63, 3.8) is 0 Å². The lowest BCUT2D eigenvalue weighted by Crippen LogP contribution is -2.37. The van der Waals surface area contributed by atoms with Crippen molar-refractivity contribution in [2.45, 2.75) is 6.42 Å². The molecule has 128 valence electrons. The minimum atomic E-state index is -0.371. The predicted molar refractivity (Wildman–Crippen MR) is 89.7 cm³/mol. The zero-order chi connectivity index (χ0) is 17.2. The van der Waals surface area contributed by atoms with Gasteiger partial charge in [0.1, 0.15) is 5.82 Å². The first-order chi connectivity index (χ1) is 12.2. The third kappa shape index (κ3) is 3.01. The van der Waals surface area contributed by atoms with E-state index in [9.17, 15) is 10.1 Å². The molecule has 3 aromatic rings. The molecule has 9 heteroatoms. The fourth-order valence-electron chi connectivity index (χ4n) is 2.90. The molecule has 0 unspecified atom stereocenters. The van der Waals surface area contributed by atoms with Crippen molar-refractivity contribution in [3.8, 4) is 0 Å². The standard InChI is InChI=1S/C16H16N6O3/c23-22(24)13-4-2-1-3-12(13)11-14-18-16(20-7-9-25-10-8-20)19-15-17-5-6-21(14)15/h1-6H,7-11H2. The quantitative estimate of drug-likeness (QED) is 0.524. The first kappa shape index (κ1) is 15.5. The van der Waals surface area contributed by atoms with E-state index in [1.54, 1.807) is 35.0 Å². The Labute approximate surface area is 143 Å². The van der Waals surface area contributed by atoms with E-state index >= 15 is 0 Å². The Balaban J connectivity index is 1.76. The number of nitrogens with zero attached hydrogens (tertiary/aromatic N) is 6. The second-order valence-corrected chi connectivity index (χ2v) is 5.70. The third-order valence-electron chi connectivity index (χ3n) is 4.16. The van der Waals surface area contributed by atoms with Gasteiger partial charge in [0.15, 0.2) is 0 Å². The molecule has 0 atom stereocenters. The number of morpholine rings is 1. The Morgan fingerprint density at radius 2 is 2.00 bits per heavy atom. The first-order valence-corrected chi connectivity index (χ1v) is 7.97. The van der Waals surface area contributed by atoms with Crippen molar-refractivity contribution in [3.05, 3.63) is 58.2 Å². The van der Waals surface area contributed by atoms with Crippen LogP contribution in [0.25, 0.3) is 5.78 Å². The summed E-state index contributed by atoms with van der Waals surface area (Å²) in [6.45, 7) is 2.68. The zero-order valence-electron chi connectivity index (χ0n) is 13.4. The number of para-hydroxylation sites is 1. The van der Waals surface area contributed by atoms with E-state index in [4.69, 9.17) is 4.74 Å². The number of rotatable bonds is 4. The molecule has 1 aromatic carbocycles. The molecule has 1 fully saturated rings. The maximum absolute atomic E-state index is 11.3. The van der Waals surface area contributed by atoms with Gasteiger partial charge >= 0.3 is 0 Å². The second-order valence-electron chi connectivity index (χ2n) is 5.70. The topological polar surface area (TPSA) is 98.7 Å². The van der Waals surface area contributed by atoms with E-state index in [1.165, 1.54) is 6.07 Å². The van der Waals surface area contributed by atoms with Crippen LogP contribution in [0.15, 0.2) is 36.7 Å². The molecule has 0 spiro atoms. The second kappa shape index (κ2) is 6.44. The number of imidazole rings is 1. The van der Waals surface area contributed by atoms with Crippen molar-refractivity contribution >= 4 is 17.4 Å². The minimum absolute atomic E-state index is 0.0855. The molecule has 0 N–H and O–H groups in total. The molecule has 3 heterocycles. The molecule has 1 saturated heterocycles. The van der Waals surface area contributed by atoms with Crippen LogP contribution in [-0.2, 0) is 11.2 Å². The fourth-order valence-corrected chi connectivity index (χ4v) is 2.90. The number of aromatic nitrogens is 4. The SMILES string of the molecule is O=[N+]([O-])c1ccccc1Cc1nc(N2CCOCC2)nc2nccn12. The van der Waals surface area contributed by atoms with Crippen LogP contribution in [0.1, 0.15) is 11.4 Å². The summed E-state index contributed by atoms with van der Waals surface area (Å²) in [5.41, 5.74) is 0.691. The number of hydrogen-bond acceptors (Lipinski definition) is 7. The summed E-state index contributed by atoms with van der Waals surface area (Å²) in [7, 11) is 0. The highest BCUT2D eigenvalue weighted by atomic mass is 16.6. The van der Waals surface area contributed by atoms with Crippen LogP contribution in [0, 0.1) is 10.1 Å². The largest absolute Gasteiger partial charge is 0.378 e. The summed E-state index contributed by atoms with van der Waals surface area (Å²) in [5.74, 6) is 1.78. The molecule has 0 aliphatic carbocycles. The fraction of sp³-hybridized carbons (Fsp3) is 0.312. The average molecular weight is 340 g/mol. The van der Waals surface area contributed by atoms with E-state index < -0.39 is 0 Å². The first-order valence-electron chi connectivity index (χ1n) is 7.97. The number of anilines is 1. The van der Waals surface area contributed by atoms with Crippen LogP contribution in [0.4, 0.5) is 11.6 Å². The molecule has 4 rings (SSSR count). The number of nitro benzene ring substituents is 1. The van der Waals surface area contributed by atoms with Gasteiger partial charge < -0.3 is 9.64 Å². The molecular formula is C16H16N6O3. The van der Waals surface area contributed by atoms with Crippen molar-refractivity contribution in [2.24, 2.45) is 0 Å². The van der Waals surface area contributed by atoms with Gasteiger partial charge in [-0.1, -0.05) is 18.2 Å². The Morgan fingerprint density at radius 3 is 2.80 bits per heavy atom. The normalized spacial score (nSPS) is 14.8. The van der Waals surface area contributed by atoms with E-state index in [0.717, 1.165) is 0 Å². The number of hydrogen-bond donors (Lipinski definition) is 0. The van der Waals surface area contributed by atoms with Crippen LogP contribution in [-0.4, -0.2) is 50.6 Å². The lowest BCUT2D eigenvalue weighted by Gasteiger charge is -2.27. The number of nitro groups is 1. The summed E-state index contributed by atoms with van der Waals surface area (Å²) >= 11 is 0. The molecule has 0 bridgehead atoms. The smallest absolute Gasteiger partial charge is 0.273 e. The molecule has 1 aliphatic heterocycles. The highest BCUT2D eigenvalue weighted by Crippen LogP contribution is 2.22. The van der Waals surface area contributed by atoms with E-state index in [0.29, 0.717) is 55.8 Å². The van der Waals surface area contributed by atoms with Crippen molar-refractivity contribution < 1.29 is 9.66 Å². The van der Waals surface area contributed by atoms with Crippen LogP contribution in [0.2, 0.25) is 0 Å². The molecule has 2 aromatic heterocycles. The van der Waals surface area contributed by atoms with Gasteiger partial charge in [-0.05, 0) is 0 Å². The number of benzene rings is 1. The molecule has 25 heavy (non-hydrogen) atoms. The van der Waals surface area contributed by atoms with E-state index in [-0.39, 0.29) is 10.6 Å². The van der Waals surface area contributed by atoms with Gasteiger partial charge in [-0.3, -0.25) is 14.5 Å². The Bertz CT molecular complexity index is 919. The van der Waals surface area contributed by atoms with Crippen molar-refractivity contribution in [1.29, 1.82) is 0 Å². The monoisotopic (exact) mass is 340 g/mol. The van der Waals surface area contributed by atoms with Gasteiger partial charge in [0.05, 0.1) is 18.1 Å². The summed E-state index contributed by atoms with van der Waals surface area (Å²) in [6.07, 6.45) is 3.74. The molecule has 1 aliphatic rings. The van der Waals surface area contributed by atoms with Crippen LogP contribution in [0.3, 0.4) is 0 Å². The van der Waals surface area contributed by atoms with E-state index in [2.05, 4.69) is 15.0 Å². The highest BCUT2D eigenvalue weighted by Gasteiger charge is 2.19. The van der Waals surface area contributed by atoms with Gasteiger partial charge in [-0.25, -0.2) is 4.98 Å². The highest BCUT2D eigenvalue weighted by molar-refractivity contribution is 5.44. The summed E-state index contributed by atoms with van der Waals surface area (Å²) in [4.78, 5) is 26.3. The van der Waals surface area contributed by atoms with Gasteiger partial charge in [-0.15, -0.1) is 0 Å². The molecule has 0 amide bonds. The molecule has 0 radical (unpaired) electrons. The Kier molecular flexibility index (Phi) is 3.98. The van der Waals surface area contributed by atoms with Gasteiger partial charge in [0, 0.05) is 43.5 Å². The number of ether oxygens (including phenoxy) is 1. The van der Waals surface area contributed by atoms with Crippen molar-refractivity contribution in [2.75, 3.05) is 31.2 Å². The van der Waals surface area contributed by atoms with Gasteiger partial charge in [0.2, 0.25) is 11.7 Å². The minimum Gasteiger partial charge on any atom is -0.378 e. The van der Waals surface area contributed by atoms with Crippen LogP contribution in [0.5, 0.6) is 0 Å². The average Bonchev–Trinajstić information content (AvgIpc) is 3.11. The van der Waals surface area contributed by atoms with Crippen LogP contribution < -0.4 is 4.90 Å². The summed E-state index contributed by atoms with van der Waals surface area (Å²) in [5, 5.41) is 11.3. The third-order valence-corrected chi connectivity index (χ3v) is 4.16. The maximum Gasteiger partial charge on any atom is 0.273 e.